The van der Waals surface area contributed by atoms with Crippen LogP contribution in [0.1, 0.15) is 25.0 Å². The Morgan fingerprint density at radius 3 is 1.42 bits per heavy atom. The first-order valence-electron chi connectivity index (χ1n) is 19.0. The second-order valence-electron chi connectivity index (χ2n) is 15.1. The van der Waals surface area contributed by atoms with E-state index in [0.717, 1.165) is 33.6 Å². The molecule has 55 heavy (non-hydrogen) atoms. The van der Waals surface area contributed by atoms with Crippen molar-refractivity contribution in [2.45, 2.75) is 19.3 Å². The van der Waals surface area contributed by atoms with Crippen LogP contribution in [0.4, 0.5) is 0 Å². The van der Waals surface area contributed by atoms with Gasteiger partial charge in [-0.25, -0.2) is 9.97 Å². The fraction of sp³-hybridized carbons (Fsp3) is 0.0566. The molecule has 0 bridgehead atoms. The number of rotatable bonds is 6. The molecule has 9 aromatic rings. The first-order valence-corrected chi connectivity index (χ1v) is 19.0. The van der Waals surface area contributed by atoms with Crippen molar-refractivity contribution in [3.05, 3.63) is 205 Å². The Morgan fingerprint density at radius 2 is 0.745 bits per heavy atom. The zero-order valence-electron chi connectivity index (χ0n) is 30.9. The van der Waals surface area contributed by atoms with Gasteiger partial charge in [0.2, 0.25) is 0 Å². The van der Waals surface area contributed by atoms with E-state index in [2.05, 4.69) is 196 Å². The summed E-state index contributed by atoms with van der Waals surface area (Å²) in [6.45, 7) is 4.72. The summed E-state index contributed by atoms with van der Waals surface area (Å²) >= 11 is 0. The van der Waals surface area contributed by atoms with Gasteiger partial charge < -0.3 is 0 Å². The highest BCUT2D eigenvalue weighted by Gasteiger charge is 2.36. The van der Waals surface area contributed by atoms with Crippen LogP contribution in [0.3, 0.4) is 0 Å². The summed E-state index contributed by atoms with van der Waals surface area (Å²) in [5.74, 6) is 0.708. The van der Waals surface area contributed by atoms with Crippen molar-refractivity contribution in [3.63, 3.8) is 0 Å². The van der Waals surface area contributed by atoms with E-state index < -0.39 is 0 Å². The smallest absolute Gasteiger partial charge is 0.160 e. The first-order chi connectivity index (χ1) is 27.0. The van der Waals surface area contributed by atoms with Crippen molar-refractivity contribution in [2.75, 3.05) is 0 Å². The van der Waals surface area contributed by atoms with Gasteiger partial charge in [0.05, 0.1) is 11.4 Å². The summed E-state index contributed by atoms with van der Waals surface area (Å²) in [5, 5.41) is 2.59. The maximum atomic E-state index is 5.15. The maximum absolute atomic E-state index is 5.15. The van der Waals surface area contributed by atoms with Crippen LogP contribution >= 0.6 is 0 Å². The lowest BCUT2D eigenvalue weighted by molar-refractivity contribution is 0.661. The van der Waals surface area contributed by atoms with Crippen molar-refractivity contribution >= 4 is 10.8 Å². The Morgan fingerprint density at radius 1 is 0.309 bits per heavy atom. The van der Waals surface area contributed by atoms with Crippen LogP contribution in [0.5, 0.6) is 0 Å². The average molecular weight is 703 g/mol. The third kappa shape index (κ3) is 5.93. The number of hydrogen-bond acceptors (Lipinski definition) is 2. The van der Waals surface area contributed by atoms with Crippen molar-refractivity contribution in [1.82, 2.24) is 9.97 Å². The summed E-state index contributed by atoms with van der Waals surface area (Å²) in [6, 6.07) is 69.6. The lowest BCUT2D eigenvalue weighted by atomic mass is 9.81. The van der Waals surface area contributed by atoms with Gasteiger partial charge in [0, 0.05) is 22.1 Å². The molecule has 0 saturated carbocycles. The molecule has 0 saturated heterocycles. The van der Waals surface area contributed by atoms with E-state index in [4.69, 9.17) is 9.97 Å². The highest BCUT2D eigenvalue weighted by Crippen LogP contribution is 2.51. The van der Waals surface area contributed by atoms with Crippen LogP contribution in [-0.4, -0.2) is 9.97 Å². The molecule has 1 aliphatic carbocycles. The zero-order valence-corrected chi connectivity index (χ0v) is 30.9. The van der Waals surface area contributed by atoms with E-state index in [1.165, 1.54) is 60.8 Å². The summed E-state index contributed by atoms with van der Waals surface area (Å²) in [7, 11) is 0. The van der Waals surface area contributed by atoms with E-state index in [0.29, 0.717) is 5.82 Å². The second-order valence-corrected chi connectivity index (χ2v) is 15.1. The number of benzene rings is 8. The van der Waals surface area contributed by atoms with E-state index >= 15 is 0 Å². The van der Waals surface area contributed by atoms with E-state index in [1.54, 1.807) is 0 Å². The number of fused-ring (bicyclic) bond motifs is 4. The SMILES string of the molecule is CC1(C)c2cc(-c3cccc(-c4ccc(-c5cc(-c6ccccc6)nc(-c6cccc(-c7ccccc7)c6)n5)cc4)c3)ccc2-c2cc3ccccc3cc21. The Balaban J connectivity index is 0.983. The third-order valence-electron chi connectivity index (χ3n) is 11.3. The molecular weight excluding hydrogens is 665 g/mol. The highest BCUT2D eigenvalue weighted by atomic mass is 14.9. The van der Waals surface area contributed by atoms with Crippen LogP contribution in [0.15, 0.2) is 194 Å². The molecule has 8 aromatic carbocycles. The lowest BCUT2D eigenvalue weighted by Crippen LogP contribution is -2.15. The molecule has 1 heterocycles. The molecule has 0 atom stereocenters. The topological polar surface area (TPSA) is 25.8 Å². The van der Waals surface area contributed by atoms with Crippen LogP contribution < -0.4 is 0 Å². The minimum Gasteiger partial charge on any atom is -0.228 e. The van der Waals surface area contributed by atoms with Crippen molar-refractivity contribution < 1.29 is 0 Å². The maximum Gasteiger partial charge on any atom is 0.160 e. The third-order valence-corrected chi connectivity index (χ3v) is 11.3. The Bertz CT molecular complexity index is 2870. The molecular formula is C53H38N2. The fourth-order valence-corrected chi connectivity index (χ4v) is 8.26. The largest absolute Gasteiger partial charge is 0.228 e. The van der Waals surface area contributed by atoms with Gasteiger partial charge in [0.25, 0.3) is 0 Å². The van der Waals surface area contributed by atoms with Crippen molar-refractivity contribution in [2.24, 2.45) is 0 Å². The molecule has 1 aromatic heterocycles. The van der Waals surface area contributed by atoms with Gasteiger partial charge in [-0.05, 0) is 103 Å². The molecule has 0 amide bonds. The average Bonchev–Trinajstić information content (AvgIpc) is 3.47. The summed E-state index contributed by atoms with van der Waals surface area (Å²) in [4.78, 5) is 10.2. The number of nitrogens with zero attached hydrogens (tertiary/aromatic N) is 2. The van der Waals surface area contributed by atoms with Gasteiger partial charge in [-0.3, -0.25) is 0 Å². The predicted molar refractivity (Wildman–Crippen MR) is 230 cm³/mol. The summed E-state index contributed by atoms with van der Waals surface area (Å²) in [6.07, 6.45) is 0. The molecule has 0 spiro atoms. The number of aromatic nitrogens is 2. The minimum absolute atomic E-state index is 0.0793. The molecule has 260 valence electrons. The van der Waals surface area contributed by atoms with Crippen molar-refractivity contribution in [3.8, 4) is 78.4 Å². The summed E-state index contributed by atoms with van der Waals surface area (Å²) < 4.78 is 0. The molecule has 10 rings (SSSR count). The Labute approximate surface area is 322 Å². The Hall–Kier alpha value is -6.90. The second kappa shape index (κ2) is 13.2. The lowest BCUT2D eigenvalue weighted by Gasteiger charge is -2.22. The molecule has 0 fully saturated rings. The molecule has 0 aliphatic heterocycles. The monoisotopic (exact) mass is 702 g/mol. The quantitative estimate of drug-likeness (QED) is 0.172. The van der Waals surface area contributed by atoms with Gasteiger partial charge in [-0.2, -0.15) is 0 Å². The van der Waals surface area contributed by atoms with Crippen LogP contribution in [0.25, 0.3) is 89.2 Å². The molecule has 1 aliphatic rings. The fourth-order valence-electron chi connectivity index (χ4n) is 8.26. The number of hydrogen-bond donors (Lipinski definition) is 0. The molecule has 0 radical (unpaired) electrons. The molecule has 2 heteroatoms. The highest BCUT2D eigenvalue weighted by molar-refractivity contribution is 5.94. The zero-order chi connectivity index (χ0) is 36.9. The first kappa shape index (κ1) is 32.7. The normalized spacial score (nSPS) is 12.7. The van der Waals surface area contributed by atoms with Gasteiger partial charge in [0.15, 0.2) is 5.82 Å². The minimum atomic E-state index is -0.0793. The van der Waals surface area contributed by atoms with Gasteiger partial charge >= 0.3 is 0 Å². The van der Waals surface area contributed by atoms with Gasteiger partial charge in [0.1, 0.15) is 0 Å². The van der Waals surface area contributed by atoms with Gasteiger partial charge in [-0.1, -0.05) is 172 Å². The van der Waals surface area contributed by atoms with Gasteiger partial charge in [-0.15, -0.1) is 0 Å². The van der Waals surface area contributed by atoms with E-state index in [9.17, 15) is 0 Å². The standard InChI is InChI=1S/C53H38N2/c1-53(2)48-33-44(27-28-46(48)47-31-42-17-9-10-18-43(42)32-49(47)53)41-21-11-19-39(29-41)36-23-25-38(26-24-36)51-34-50(37-15-7-4-8-16-37)54-52(55-51)45-22-12-20-40(30-45)35-13-5-3-6-14-35/h3-34H,1-2H3. The molecule has 0 N–H and O–H groups in total. The van der Waals surface area contributed by atoms with Crippen LogP contribution in [0, 0.1) is 0 Å². The van der Waals surface area contributed by atoms with E-state index in [-0.39, 0.29) is 5.41 Å². The van der Waals surface area contributed by atoms with Crippen molar-refractivity contribution in [1.29, 1.82) is 0 Å². The molecule has 0 unspecified atom stereocenters. The van der Waals surface area contributed by atoms with Crippen LogP contribution in [0.2, 0.25) is 0 Å². The van der Waals surface area contributed by atoms with Crippen LogP contribution in [-0.2, 0) is 5.41 Å². The van der Waals surface area contributed by atoms with E-state index in [1.807, 2.05) is 12.1 Å². The molecule has 2 nitrogen and oxygen atoms in total. The predicted octanol–water partition coefficient (Wildman–Crippen LogP) is 13.9. The Kier molecular flexibility index (Phi) is 7.85. The summed E-state index contributed by atoms with van der Waals surface area (Å²) in [5.41, 5.74) is 17.4.